The molecule has 2 rings (SSSR count). The number of halogens is 1. The maximum atomic E-state index is 11.1. The molecule has 0 radical (unpaired) electrons. The van der Waals surface area contributed by atoms with Crippen molar-refractivity contribution >= 4 is 40.6 Å². The topological polar surface area (TPSA) is 75.1 Å². The fraction of sp³-hybridized carbons (Fsp3) is 0.300. The Hall–Kier alpha value is -1.02. The van der Waals surface area contributed by atoms with Crippen LogP contribution >= 0.6 is 34.7 Å². The molecule has 0 aromatic carbocycles. The van der Waals surface area contributed by atoms with Gasteiger partial charge in [0.15, 0.2) is 0 Å². The summed E-state index contributed by atoms with van der Waals surface area (Å²) in [4.78, 5) is 11.1. The molecule has 96 valence electrons. The third-order valence-electron chi connectivity index (χ3n) is 2.35. The Morgan fingerprint density at radius 1 is 1.61 bits per heavy atom. The molecule has 0 fully saturated rings. The number of hydrogen-bond acceptors (Lipinski definition) is 6. The molecule has 2 aromatic rings. The summed E-state index contributed by atoms with van der Waals surface area (Å²) in [5.74, 6) is -0.908. The number of rotatable bonds is 6. The molecule has 2 N–H and O–H groups in total. The molecule has 0 saturated heterocycles. The van der Waals surface area contributed by atoms with Gasteiger partial charge in [-0.2, -0.15) is 8.75 Å². The average Bonchev–Trinajstić information content (AvgIpc) is 2.96. The first-order valence-electron chi connectivity index (χ1n) is 5.11. The van der Waals surface area contributed by atoms with Crippen LogP contribution in [0.5, 0.6) is 0 Å². The van der Waals surface area contributed by atoms with Gasteiger partial charge < -0.3 is 5.11 Å². The first-order chi connectivity index (χ1) is 8.66. The number of hydrogen-bond donors (Lipinski definition) is 2. The van der Waals surface area contributed by atoms with Crippen molar-refractivity contribution in [3.05, 3.63) is 33.2 Å². The van der Waals surface area contributed by atoms with Crippen LogP contribution in [-0.2, 0) is 17.8 Å². The number of thiophene rings is 1. The van der Waals surface area contributed by atoms with E-state index in [9.17, 15) is 4.79 Å². The zero-order valence-corrected chi connectivity index (χ0v) is 11.6. The number of nitrogens with zero attached hydrogens (tertiary/aromatic N) is 2. The summed E-state index contributed by atoms with van der Waals surface area (Å²) in [6.07, 6.45) is 1.90. The molecule has 0 aliphatic heterocycles. The fourth-order valence-corrected chi connectivity index (χ4v) is 2.78. The lowest BCUT2D eigenvalue weighted by molar-refractivity contribution is -0.139. The van der Waals surface area contributed by atoms with Gasteiger partial charge in [-0.3, -0.25) is 10.1 Å². The van der Waals surface area contributed by atoms with E-state index in [1.54, 1.807) is 6.20 Å². The van der Waals surface area contributed by atoms with Gasteiger partial charge in [0, 0.05) is 13.0 Å². The van der Waals surface area contributed by atoms with Crippen LogP contribution in [0.3, 0.4) is 0 Å². The molecular weight excluding hydrogens is 294 g/mol. The van der Waals surface area contributed by atoms with E-state index < -0.39 is 12.0 Å². The highest BCUT2D eigenvalue weighted by Crippen LogP contribution is 2.22. The Kier molecular flexibility index (Phi) is 4.65. The Labute approximate surface area is 117 Å². The molecule has 1 unspecified atom stereocenters. The monoisotopic (exact) mass is 303 g/mol. The van der Waals surface area contributed by atoms with Crippen molar-refractivity contribution in [1.29, 1.82) is 0 Å². The van der Waals surface area contributed by atoms with Crippen LogP contribution < -0.4 is 5.32 Å². The average molecular weight is 304 g/mol. The van der Waals surface area contributed by atoms with E-state index in [-0.39, 0.29) is 0 Å². The quantitative estimate of drug-likeness (QED) is 0.854. The second-order valence-electron chi connectivity index (χ2n) is 3.59. The molecule has 2 aromatic heterocycles. The Morgan fingerprint density at radius 3 is 3.00 bits per heavy atom. The fourth-order valence-electron chi connectivity index (χ4n) is 1.41. The van der Waals surface area contributed by atoms with Gasteiger partial charge in [0.2, 0.25) is 0 Å². The largest absolute Gasteiger partial charge is 0.480 e. The van der Waals surface area contributed by atoms with Gasteiger partial charge in [-0.15, -0.1) is 11.3 Å². The lowest BCUT2D eigenvalue weighted by atomic mass is 10.1. The first kappa shape index (κ1) is 13.4. The van der Waals surface area contributed by atoms with Crippen molar-refractivity contribution < 1.29 is 9.90 Å². The summed E-state index contributed by atoms with van der Waals surface area (Å²) in [5.41, 5.74) is 1.58. The van der Waals surface area contributed by atoms with Crippen molar-refractivity contribution in [2.45, 2.75) is 19.0 Å². The maximum Gasteiger partial charge on any atom is 0.321 e. The van der Waals surface area contributed by atoms with Crippen LogP contribution in [-0.4, -0.2) is 25.9 Å². The molecule has 0 aliphatic rings. The minimum Gasteiger partial charge on any atom is -0.480 e. The van der Waals surface area contributed by atoms with Gasteiger partial charge >= 0.3 is 5.97 Å². The minimum atomic E-state index is -0.908. The lowest BCUT2D eigenvalue weighted by Gasteiger charge is -2.12. The van der Waals surface area contributed by atoms with Crippen molar-refractivity contribution in [3.63, 3.8) is 0 Å². The van der Waals surface area contributed by atoms with Gasteiger partial charge in [-0.05, 0) is 17.0 Å². The Bertz CT molecular complexity index is 515. The third-order valence-corrected chi connectivity index (χ3v) is 4.12. The summed E-state index contributed by atoms with van der Waals surface area (Å²) in [6, 6.07) is 1.19. The molecule has 5 nitrogen and oxygen atoms in total. The molecule has 0 spiro atoms. The zero-order valence-electron chi connectivity index (χ0n) is 9.17. The van der Waals surface area contributed by atoms with Crippen LogP contribution in [0.15, 0.2) is 17.6 Å². The molecule has 2 heterocycles. The minimum absolute atomic E-state index is 0.313. The van der Waals surface area contributed by atoms with E-state index in [1.165, 1.54) is 11.3 Å². The van der Waals surface area contributed by atoms with Crippen LogP contribution in [0.2, 0.25) is 4.34 Å². The van der Waals surface area contributed by atoms with E-state index in [0.717, 1.165) is 17.3 Å². The molecule has 18 heavy (non-hydrogen) atoms. The highest BCUT2D eigenvalue weighted by Gasteiger charge is 2.19. The summed E-state index contributed by atoms with van der Waals surface area (Å²) in [6.45, 7) is 0.427. The Morgan fingerprint density at radius 2 is 2.44 bits per heavy atom. The van der Waals surface area contributed by atoms with Crippen LogP contribution in [0.4, 0.5) is 0 Å². The lowest BCUT2D eigenvalue weighted by Crippen LogP contribution is -2.38. The summed E-state index contributed by atoms with van der Waals surface area (Å²) in [5, 5.41) is 14.0. The Balaban J connectivity index is 1.95. The molecule has 0 aliphatic carbocycles. The predicted octanol–water partition coefficient (Wildman–Crippen LogP) is 2.04. The van der Waals surface area contributed by atoms with E-state index in [0.29, 0.717) is 23.0 Å². The number of carboxylic acids is 1. The van der Waals surface area contributed by atoms with Crippen LogP contribution in [0, 0.1) is 0 Å². The van der Waals surface area contributed by atoms with Gasteiger partial charge in [0.1, 0.15) is 6.04 Å². The van der Waals surface area contributed by atoms with E-state index in [2.05, 4.69) is 14.1 Å². The smallest absolute Gasteiger partial charge is 0.321 e. The molecule has 0 bridgehead atoms. The molecule has 1 atom stereocenters. The second kappa shape index (κ2) is 6.24. The summed E-state index contributed by atoms with van der Waals surface area (Å²) >= 11 is 8.45. The second-order valence-corrected chi connectivity index (χ2v) is 5.67. The standard InChI is InChI=1S/C10H10ClN3O2S2/c11-9-6(1-2-17-9)4-12-8(10(15)16)3-7-5-13-18-14-7/h1-2,5,8,12H,3-4H2,(H,15,16). The zero-order chi connectivity index (χ0) is 13.0. The number of aliphatic carboxylic acids is 1. The normalized spacial score (nSPS) is 12.5. The van der Waals surface area contributed by atoms with Gasteiger partial charge in [-0.25, -0.2) is 0 Å². The van der Waals surface area contributed by atoms with E-state index in [1.807, 2.05) is 11.4 Å². The maximum absolute atomic E-state index is 11.1. The van der Waals surface area contributed by atoms with Gasteiger partial charge in [0.05, 0.1) is 28.0 Å². The van der Waals surface area contributed by atoms with E-state index >= 15 is 0 Å². The first-order valence-corrected chi connectivity index (χ1v) is 7.10. The summed E-state index contributed by atoms with van der Waals surface area (Å²) < 4.78 is 8.54. The van der Waals surface area contributed by atoms with Crippen molar-refractivity contribution in [2.75, 3.05) is 0 Å². The number of carboxylic acid groups (broad SMARTS) is 1. The van der Waals surface area contributed by atoms with Crippen LogP contribution in [0.25, 0.3) is 0 Å². The molecule has 0 amide bonds. The van der Waals surface area contributed by atoms with Crippen molar-refractivity contribution in [1.82, 2.24) is 14.1 Å². The number of carbonyl (C=O) groups is 1. The number of nitrogens with one attached hydrogen (secondary N) is 1. The summed E-state index contributed by atoms with van der Waals surface area (Å²) in [7, 11) is 0. The van der Waals surface area contributed by atoms with Crippen molar-refractivity contribution in [3.8, 4) is 0 Å². The van der Waals surface area contributed by atoms with Gasteiger partial charge in [-0.1, -0.05) is 11.6 Å². The van der Waals surface area contributed by atoms with Crippen LogP contribution in [0.1, 0.15) is 11.3 Å². The van der Waals surface area contributed by atoms with Gasteiger partial charge in [0.25, 0.3) is 0 Å². The predicted molar refractivity (Wildman–Crippen MR) is 71.2 cm³/mol. The number of aromatic nitrogens is 2. The molecular formula is C10H10ClN3O2S2. The third kappa shape index (κ3) is 3.49. The highest BCUT2D eigenvalue weighted by molar-refractivity contribution is 7.14. The van der Waals surface area contributed by atoms with E-state index in [4.69, 9.17) is 16.7 Å². The highest BCUT2D eigenvalue weighted by atomic mass is 35.5. The SMILES string of the molecule is O=C(O)C(Cc1cnsn1)NCc1ccsc1Cl. The van der Waals surface area contributed by atoms with Crippen molar-refractivity contribution in [2.24, 2.45) is 0 Å². The molecule has 8 heteroatoms. The molecule has 0 saturated carbocycles.